The summed E-state index contributed by atoms with van der Waals surface area (Å²) in [5.41, 5.74) is 0.790. The molecule has 2 rings (SSSR count). The molecule has 0 spiro atoms. The molecule has 1 aromatic rings. The fourth-order valence-electron chi connectivity index (χ4n) is 2.92. The lowest BCUT2D eigenvalue weighted by molar-refractivity contribution is -0.0505. The highest BCUT2D eigenvalue weighted by molar-refractivity contribution is 5.33. The molecule has 0 radical (unpaired) electrons. The molecular weight excluding hydrogens is 260 g/mol. The monoisotopic (exact) mass is 283 g/mol. The number of benzene rings is 1. The Morgan fingerprint density at radius 2 is 2.00 bits per heavy atom. The van der Waals surface area contributed by atoms with Crippen LogP contribution in [-0.2, 0) is 6.54 Å². The third kappa shape index (κ3) is 4.17. The van der Waals surface area contributed by atoms with Gasteiger partial charge in [0.25, 0.3) is 0 Å². The number of rotatable bonds is 5. The third-order valence-electron chi connectivity index (χ3n) is 4.20. The van der Waals surface area contributed by atoms with Crippen molar-refractivity contribution < 1.29 is 13.5 Å². The van der Waals surface area contributed by atoms with Crippen LogP contribution in [0.3, 0.4) is 0 Å². The van der Waals surface area contributed by atoms with Gasteiger partial charge in [0.05, 0.1) is 0 Å². The van der Waals surface area contributed by atoms with Crippen LogP contribution in [0.5, 0.6) is 5.75 Å². The molecule has 1 fully saturated rings. The van der Waals surface area contributed by atoms with Gasteiger partial charge in [0.1, 0.15) is 5.75 Å². The molecule has 1 aromatic carbocycles. The number of hydrogen-bond acceptors (Lipinski definition) is 2. The Labute approximate surface area is 119 Å². The highest BCUT2D eigenvalue weighted by Gasteiger charge is 2.25. The van der Waals surface area contributed by atoms with Crippen molar-refractivity contribution in [3.8, 4) is 5.75 Å². The van der Waals surface area contributed by atoms with E-state index >= 15 is 0 Å². The predicted octanol–water partition coefficient (Wildman–Crippen LogP) is 4.20. The number of alkyl halides is 2. The van der Waals surface area contributed by atoms with Crippen molar-refractivity contribution in [1.82, 2.24) is 5.32 Å². The Morgan fingerprint density at radius 1 is 1.25 bits per heavy atom. The van der Waals surface area contributed by atoms with E-state index in [2.05, 4.69) is 23.9 Å². The van der Waals surface area contributed by atoms with E-state index < -0.39 is 6.61 Å². The van der Waals surface area contributed by atoms with Gasteiger partial charge < -0.3 is 10.1 Å². The van der Waals surface area contributed by atoms with Gasteiger partial charge in [-0.05, 0) is 30.7 Å². The van der Waals surface area contributed by atoms with Crippen molar-refractivity contribution in [2.75, 3.05) is 0 Å². The zero-order chi connectivity index (χ0) is 14.5. The average molecular weight is 283 g/mol. The maximum atomic E-state index is 12.4. The van der Waals surface area contributed by atoms with Crippen molar-refractivity contribution in [2.45, 2.75) is 52.3 Å². The van der Waals surface area contributed by atoms with Gasteiger partial charge in [0, 0.05) is 18.2 Å². The van der Waals surface area contributed by atoms with Crippen molar-refractivity contribution in [2.24, 2.45) is 11.8 Å². The lowest BCUT2D eigenvalue weighted by Crippen LogP contribution is -2.39. The molecule has 20 heavy (non-hydrogen) atoms. The smallest absolute Gasteiger partial charge is 0.387 e. The van der Waals surface area contributed by atoms with Crippen molar-refractivity contribution >= 4 is 0 Å². The van der Waals surface area contributed by atoms with Gasteiger partial charge in [0.15, 0.2) is 0 Å². The van der Waals surface area contributed by atoms with E-state index in [9.17, 15) is 8.78 Å². The van der Waals surface area contributed by atoms with E-state index in [1.54, 1.807) is 12.1 Å². The molecular formula is C16H23F2NO. The molecule has 0 saturated heterocycles. The van der Waals surface area contributed by atoms with Gasteiger partial charge in [-0.25, -0.2) is 0 Å². The van der Waals surface area contributed by atoms with Crippen LogP contribution in [0.1, 0.15) is 38.7 Å². The minimum absolute atomic E-state index is 0.270. The summed E-state index contributed by atoms with van der Waals surface area (Å²) < 4.78 is 29.3. The number of ether oxygens (including phenoxy) is 1. The van der Waals surface area contributed by atoms with Crippen LogP contribution in [0.25, 0.3) is 0 Å². The maximum Gasteiger partial charge on any atom is 0.387 e. The first-order valence-corrected chi connectivity index (χ1v) is 7.32. The van der Waals surface area contributed by atoms with Crippen LogP contribution < -0.4 is 10.1 Å². The maximum absolute atomic E-state index is 12.4. The zero-order valence-electron chi connectivity index (χ0n) is 12.1. The summed E-state index contributed by atoms with van der Waals surface area (Å²) in [6.45, 7) is 2.33. The number of hydrogen-bond donors (Lipinski definition) is 1. The Balaban J connectivity index is 1.96. The summed E-state index contributed by atoms with van der Waals surface area (Å²) in [4.78, 5) is 0. The SMILES string of the molecule is CC1CCC(C)C(NCc2ccccc2OC(F)F)C1. The van der Waals surface area contributed by atoms with Crippen molar-refractivity contribution in [3.05, 3.63) is 29.8 Å². The lowest BCUT2D eigenvalue weighted by atomic mass is 9.80. The molecule has 3 atom stereocenters. The van der Waals surface area contributed by atoms with Gasteiger partial charge in [-0.15, -0.1) is 0 Å². The fourth-order valence-corrected chi connectivity index (χ4v) is 2.92. The summed E-state index contributed by atoms with van der Waals surface area (Å²) in [6, 6.07) is 7.45. The second-order valence-electron chi connectivity index (χ2n) is 5.87. The predicted molar refractivity (Wildman–Crippen MR) is 75.9 cm³/mol. The minimum atomic E-state index is -2.77. The van der Waals surface area contributed by atoms with E-state index in [4.69, 9.17) is 0 Å². The van der Waals surface area contributed by atoms with Crippen molar-refractivity contribution in [1.29, 1.82) is 0 Å². The minimum Gasteiger partial charge on any atom is -0.434 e. The Bertz CT molecular complexity index is 425. The molecule has 3 unspecified atom stereocenters. The topological polar surface area (TPSA) is 21.3 Å². The van der Waals surface area contributed by atoms with Gasteiger partial charge in [0.2, 0.25) is 0 Å². The Kier molecular flexibility index (Phi) is 5.35. The first-order valence-electron chi connectivity index (χ1n) is 7.32. The standard InChI is InChI=1S/C16H23F2NO/c1-11-7-8-12(2)14(9-11)19-10-13-5-3-4-6-15(13)20-16(17)18/h3-6,11-12,14,16,19H,7-10H2,1-2H3. The van der Waals surface area contributed by atoms with Crippen LogP contribution in [0, 0.1) is 11.8 Å². The largest absolute Gasteiger partial charge is 0.434 e. The van der Waals surface area contributed by atoms with E-state index in [0.717, 1.165) is 17.9 Å². The van der Waals surface area contributed by atoms with E-state index in [-0.39, 0.29) is 5.75 Å². The van der Waals surface area contributed by atoms with Gasteiger partial charge in [-0.3, -0.25) is 0 Å². The van der Waals surface area contributed by atoms with E-state index in [1.807, 2.05) is 12.1 Å². The molecule has 0 amide bonds. The fraction of sp³-hybridized carbons (Fsp3) is 0.625. The Morgan fingerprint density at radius 3 is 2.75 bits per heavy atom. The van der Waals surface area contributed by atoms with Gasteiger partial charge in [-0.2, -0.15) is 8.78 Å². The van der Waals surface area contributed by atoms with Crippen LogP contribution in [0.2, 0.25) is 0 Å². The molecule has 112 valence electrons. The molecule has 1 aliphatic rings. The summed E-state index contributed by atoms with van der Waals surface area (Å²) in [7, 11) is 0. The molecule has 1 aliphatic carbocycles. The molecule has 4 heteroatoms. The van der Waals surface area contributed by atoms with E-state index in [1.165, 1.54) is 12.8 Å². The number of nitrogens with one attached hydrogen (secondary N) is 1. The lowest BCUT2D eigenvalue weighted by Gasteiger charge is -2.33. The van der Waals surface area contributed by atoms with Crippen LogP contribution >= 0.6 is 0 Å². The van der Waals surface area contributed by atoms with Crippen LogP contribution in [0.4, 0.5) is 8.78 Å². The number of para-hydroxylation sites is 1. The van der Waals surface area contributed by atoms with Crippen LogP contribution in [-0.4, -0.2) is 12.7 Å². The molecule has 0 aromatic heterocycles. The molecule has 1 saturated carbocycles. The molecule has 1 N–H and O–H groups in total. The first kappa shape index (κ1) is 15.2. The van der Waals surface area contributed by atoms with Crippen LogP contribution in [0.15, 0.2) is 24.3 Å². The third-order valence-corrected chi connectivity index (χ3v) is 4.20. The second kappa shape index (κ2) is 7.02. The molecule has 0 aliphatic heterocycles. The highest BCUT2D eigenvalue weighted by atomic mass is 19.3. The highest BCUT2D eigenvalue weighted by Crippen LogP contribution is 2.29. The summed E-state index contributed by atoms with van der Waals surface area (Å²) in [5.74, 6) is 1.64. The van der Waals surface area contributed by atoms with E-state index in [0.29, 0.717) is 18.5 Å². The first-order chi connectivity index (χ1) is 9.56. The normalized spacial score (nSPS) is 26.8. The number of halogens is 2. The van der Waals surface area contributed by atoms with Gasteiger partial charge >= 0.3 is 6.61 Å². The molecule has 0 bridgehead atoms. The summed E-state index contributed by atoms with van der Waals surface area (Å²) in [6.07, 6.45) is 3.66. The summed E-state index contributed by atoms with van der Waals surface area (Å²) in [5, 5.41) is 3.51. The zero-order valence-corrected chi connectivity index (χ0v) is 12.1. The van der Waals surface area contributed by atoms with Gasteiger partial charge in [-0.1, -0.05) is 38.5 Å². The molecule has 2 nitrogen and oxygen atoms in total. The quantitative estimate of drug-likeness (QED) is 0.874. The average Bonchev–Trinajstić information content (AvgIpc) is 2.41. The van der Waals surface area contributed by atoms with Crippen molar-refractivity contribution in [3.63, 3.8) is 0 Å². The Hall–Kier alpha value is -1.16. The molecule has 0 heterocycles. The summed E-state index contributed by atoms with van der Waals surface area (Å²) >= 11 is 0. The second-order valence-corrected chi connectivity index (χ2v) is 5.87.